The van der Waals surface area contributed by atoms with Gasteiger partial charge in [0.25, 0.3) is 0 Å². The number of anilines is 9. The van der Waals surface area contributed by atoms with Crippen molar-refractivity contribution in [1.29, 1.82) is 0 Å². The fourth-order valence-corrected chi connectivity index (χ4v) is 8.17. The molecule has 0 saturated carbocycles. The van der Waals surface area contributed by atoms with E-state index in [2.05, 4.69) is 132 Å². The lowest BCUT2D eigenvalue weighted by Crippen LogP contribution is -2.24. The predicted octanol–water partition coefficient (Wildman–Crippen LogP) is 14.8. The minimum absolute atomic E-state index is 0.306. The van der Waals surface area contributed by atoms with Gasteiger partial charge in [0.1, 0.15) is 17.5 Å². The zero-order valence-electron chi connectivity index (χ0n) is 38.1. The maximum atomic E-state index is 4.85. The van der Waals surface area contributed by atoms with E-state index in [1.807, 2.05) is 73.2 Å². The van der Waals surface area contributed by atoms with Gasteiger partial charge >= 0.3 is 0 Å². The molecule has 0 saturated heterocycles. The molecule has 6 rings (SSSR count). The second-order valence-corrected chi connectivity index (χ2v) is 17.5. The molecule has 0 aliphatic carbocycles. The van der Waals surface area contributed by atoms with E-state index in [0.29, 0.717) is 30.0 Å². The Kier molecular flexibility index (Phi) is 19.0. The normalized spacial score (nSPS) is 13.5. The summed E-state index contributed by atoms with van der Waals surface area (Å²) in [4.78, 5) is 14.3. The lowest BCUT2D eigenvalue weighted by molar-refractivity contribution is 0.387. The zero-order chi connectivity index (χ0) is 43.9. The number of para-hydroxylation sites is 3. The largest absolute Gasteiger partial charge is 0.368 e. The van der Waals surface area contributed by atoms with Crippen molar-refractivity contribution in [2.24, 2.45) is 11.8 Å². The summed E-state index contributed by atoms with van der Waals surface area (Å²) >= 11 is 0. The SMILES string of the molecule is CCCCCCC(CCC(C)CCC(CCC(C)CC(C)Nc1ccc(Nc2ccccc2)cn1)Nc1ccc(Nc2ccccc2)cn1)Nc1ccc(Nc2ccccc2)cn1. The van der Waals surface area contributed by atoms with Crippen LogP contribution in [0.4, 0.5) is 51.6 Å². The number of pyridine rings is 3. The van der Waals surface area contributed by atoms with Crippen LogP contribution in [0.1, 0.15) is 105 Å². The van der Waals surface area contributed by atoms with Crippen LogP contribution in [0.25, 0.3) is 0 Å². The highest BCUT2D eigenvalue weighted by atomic mass is 15.0. The van der Waals surface area contributed by atoms with Crippen molar-refractivity contribution in [3.63, 3.8) is 0 Å². The van der Waals surface area contributed by atoms with Crippen molar-refractivity contribution in [1.82, 2.24) is 15.0 Å². The van der Waals surface area contributed by atoms with Crippen LogP contribution in [0.2, 0.25) is 0 Å². The molecule has 0 amide bonds. The standard InChI is InChI=1S/C54H71N9/c1-5-6-7-11-24-47(62-53-35-32-50(39-56-53)60-45-20-14-9-15-21-45)28-25-41(2)26-29-48(63-54-36-33-51(40-57-54)61-46-22-16-10-17-23-46)30-27-42(3)37-43(4)58-52-34-31-49(38-55-52)59-44-18-12-8-13-19-44/h8-10,12-23,31-36,38-43,47-48,59-61H,5-7,11,24-30,37H2,1-4H3,(H,55,58)(H,56,62)(H,57,63). The Labute approximate surface area is 377 Å². The highest BCUT2D eigenvalue weighted by Gasteiger charge is 2.18. The summed E-state index contributed by atoms with van der Waals surface area (Å²) in [6, 6.07) is 44.4. The summed E-state index contributed by atoms with van der Waals surface area (Å²) in [6.07, 6.45) is 19.9. The number of aromatic nitrogens is 3. The molecule has 0 fully saturated rings. The minimum Gasteiger partial charge on any atom is -0.368 e. The molecule has 3 aromatic heterocycles. The van der Waals surface area contributed by atoms with Crippen molar-refractivity contribution >= 4 is 51.6 Å². The highest BCUT2D eigenvalue weighted by Crippen LogP contribution is 2.26. The first-order chi connectivity index (χ1) is 30.9. The summed E-state index contributed by atoms with van der Waals surface area (Å²) in [5, 5.41) is 21.7. The van der Waals surface area contributed by atoms with Crippen molar-refractivity contribution in [2.75, 3.05) is 31.9 Å². The van der Waals surface area contributed by atoms with E-state index in [9.17, 15) is 0 Å². The molecule has 63 heavy (non-hydrogen) atoms. The maximum Gasteiger partial charge on any atom is 0.126 e. The smallest absolute Gasteiger partial charge is 0.126 e. The van der Waals surface area contributed by atoms with E-state index in [-0.39, 0.29) is 0 Å². The number of unbranched alkanes of at least 4 members (excludes halogenated alkanes) is 3. The molecule has 5 atom stereocenters. The fraction of sp³-hybridized carbons (Fsp3) is 0.389. The molecule has 9 heteroatoms. The fourth-order valence-electron chi connectivity index (χ4n) is 8.17. The molecule has 9 nitrogen and oxygen atoms in total. The summed E-state index contributed by atoms with van der Waals surface area (Å²) in [5.74, 6) is 3.94. The Morgan fingerprint density at radius 1 is 0.381 bits per heavy atom. The average Bonchev–Trinajstić information content (AvgIpc) is 3.30. The van der Waals surface area contributed by atoms with Gasteiger partial charge in [0.2, 0.25) is 0 Å². The van der Waals surface area contributed by atoms with Crippen molar-refractivity contribution < 1.29 is 0 Å². The van der Waals surface area contributed by atoms with Gasteiger partial charge in [0, 0.05) is 35.2 Å². The second kappa shape index (κ2) is 25.8. The van der Waals surface area contributed by atoms with Gasteiger partial charge in [-0.05, 0) is 143 Å². The van der Waals surface area contributed by atoms with Crippen LogP contribution in [-0.4, -0.2) is 33.1 Å². The third-order valence-electron chi connectivity index (χ3n) is 11.8. The number of nitrogens with one attached hydrogen (secondary N) is 6. The molecule has 6 N–H and O–H groups in total. The lowest BCUT2D eigenvalue weighted by Gasteiger charge is -2.25. The van der Waals surface area contributed by atoms with Gasteiger partial charge in [-0.25, -0.2) is 15.0 Å². The number of nitrogens with zero attached hydrogens (tertiary/aromatic N) is 3. The Morgan fingerprint density at radius 3 is 1.17 bits per heavy atom. The summed E-state index contributed by atoms with van der Waals surface area (Å²) < 4.78 is 0. The molecule has 332 valence electrons. The Hall–Kier alpha value is -6.09. The highest BCUT2D eigenvalue weighted by molar-refractivity contribution is 5.62. The molecule has 0 aliphatic rings. The zero-order valence-corrected chi connectivity index (χ0v) is 38.1. The molecular weight excluding hydrogens is 775 g/mol. The van der Waals surface area contributed by atoms with Gasteiger partial charge in [-0.1, -0.05) is 101 Å². The summed E-state index contributed by atoms with van der Waals surface area (Å²) in [7, 11) is 0. The van der Waals surface area contributed by atoms with Gasteiger partial charge in [-0.2, -0.15) is 0 Å². The number of benzene rings is 3. The second-order valence-electron chi connectivity index (χ2n) is 17.5. The van der Waals surface area contributed by atoms with E-state index in [1.165, 1.54) is 44.9 Å². The quantitative estimate of drug-likeness (QED) is 0.0269. The van der Waals surface area contributed by atoms with Gasteiger partial charge in [0.15, 0.2) is 0 Å². The van der Waals surface area contributed by atoms with Gasteiger partial charge in [-0.15, -0.1) is 0 Å². The first kappa shape index (κ1) is 46.4. The van der Waals surface area contributed by atoms with Crippen LogP contribution < -0.4 is 31.9 Å². The Morgan fingerprint density at radius 2 is 0.778 bits per heavy atom. The first-order valence-corrected chi connectivity index (χ1v) is 23.5. The maximum absolute atomic E-state index is 4.85. The Bertz CT molecular complexity index is 2100. The predicted molar refractivity (Wildman–Crippen MR) is 269 cm³/mol. The van der Waals surface area contributed by atoms with Crippen LogP contribution in [0.3, 0.4) is 0 Å². The molecule has 3 aromatic carbocycles. The van der Waals surface area contributed by atoms with Gasteiger partial charge in [0.05, 0.1) is 35.7 Å². The molecule has 3 heterocycles. The molecule has 0 bridgehead atoms. The first-order valence-electron chi connectivity index (χ1n) is 23.5. The van der Waals surface area contributed by atoms with Gasteiger partial charge in [-0.3, -0.25) is 0 Å². The lowest BCUT2D eigenvalue weighted by atomic mass is 9.90. The van der Waals surface area contributed by atoms with Gasteiger partial charge < -0.3 is 31.9 Å². The summed E-state index contributed by atoms with van der Waals surface area (Å²) in [6.45, 7) is 9.37. The summed E-state index contributed by atoms with van der Waals surface area (Å²) in [5.41, 5.74) is 6.13. The monoisotopic (exact) mass is 846 g/mol. The van der Waals surface area contributed by atoms with E-state index in [4.69, 9.17) is 15.0 Å². The van der Waals surface area contributed by atoms with Crippen LogP contribution in [0.5, 0.6) is 0 Å². The molecule has 0 spiro atoms. The third kappa shape index (κ3) is 17.3. The van der Waals surface area contributed by atoms with Crippen molar-refractivity contribution in [2.45, 2.75) is 123 Å². The van der Waals surface area contributed by atoms with Crippen LogP contribution in [0.15, 0.2) is 146 Å². The van der Waals surface area contributed by atoms with Crippen LogP contribution >= 0.6 is 0 Å². The van der Waals surface area contributed by atoms with Crippen LogP contribution in [0, 0.1) is 11.8 Å². The minimum atomic E-state index is 0.306. The Balaban J connectivity index is 1.01. The molecule has 6 aromatic rings. The van der Waals surface area contributed by atoms with E-state index in [1.54, 1.807) is 0 Å². The number of rotatable bonds is 28. The van der Waals surface area contributed by atoms with E-state index >= 15 is 0 Å². The number of hydrogen-bond acceptors (Lipinski definition) is 9. The molecule has 0 aliphatic heterocycles. The molecular formula is C54H71N9. The van der Waals surface area contributed by atoms with E-state index in [0.717, 1.165) is 83.7 Å². The van der Waals surface area contributed by atoms with E-state index < -0.39 is 0 Å². The van der Waals surface area contributed by atoms with Crippen LogP contribution in [-0.2, 0) is 0 Å². The topological polar surface area (TPSA) is 111 Å². The molecule has 0 radical (unpaired) electrons. The number of hydrogen-bond donors (Lipinski definition) is 6. The average molecular weight is 846 g/mol. The molecule has 5 unspecified atom stereocenters. The van der Waals surface area contributed by atoms with Crippen molar-refractivity contribution in [3.8, 4) is 0 Å². The third-order valence-corrected chi connectivity index (χ3v) is 11.8. The van der Waals surface area contributed by atoms with Crippen molar-refractivity contribution in [3.05, 3.63) is 146 Å².